The molecule has 0 aliphatic rings. The Kier molecular flexibility index (Phi) is 6.55. The average molecular weight is 470 g/mol. The number of hydrogen-bond donors (Lipinski definition) is 3. The van der Waals surface area contributed by atoms with E-state index in [0.29, 0.717) is 5.56 Å². The number of hydrogen-bond acceptors (Lipinski definition) is 5. The Morgan fingerprint density at radius 3 is 2.14 bits per heavy atom. The smallest absolute Gasteiger partial charge is 0.255 e. The van der Waals surface area contributed by atoms with E-state index in [1.54, 1.807) is 30.7 Å². The van der Waals surface area contributed by atoms with Crippen molar-refractivity contribution in [1.29, 1.82) is 0 Å². The summed E-state index contributed by atoms with van der Waals surface area (Å²) in [4.78, 5) is 21.2. The van der Waals surface area contributed by atoms with Crippen LogP contribution in [-0.2, 0) is 0 Å². The fourth-order valence-corrected chi connectivity index (χ4v) is 3.78. The SMILES string of the molecule is CC#Cc1ccc2nccc(Nc3ccc(C(=O)Nc4ccc(Nc5ccncc5)cc4)cc3)c2c1. The number of nitrogens with one attached hydrogen (secondary N) is 3. The minimum absolute atomic E-state index is 0.173. The Balaban J connectivity index is 1.25. The number of pyridine rings is 2. The number of carbonyl (C=O) groups excluding carboxylic acids is 1. The zero-order valence-corrected chi connectivity index (χ0v) is 19.6. The van der Waals surface area contributed by atoms with Gasteiger partial charge < -0.3 is 16.0 Å². The summed E-state index contributed by atoms with van der Waals surface area (Å²) < 4.78 is 0. The van der Waals surface area contributed by atoms with Crippen molar-refractivity contribution in [2.45, 2.75) is 6.92 Å². The largest absolute Gasteiger partial charge is 0.355 e. The van der Waals surface area contributed by atoms with Gasteiger partial charge in [-0.2, -0.15) is 0 Å². The molecular formula is C30H23N5O. The van der Waals surface area contributed by atoms with E-state index in [4.69, 9.17) is 0 Å². The van der Waals surface area contributed by atoms with E-state index < -0.39 is 0 Å². The molecule has 174 valence electrons. The molecule has 3 aromatic carbocycles. The second-order valence-corrected chi connectivity index (χ2v) is 8.06. The normalized spacial score (nSPS) is 10.2. The van der Waals surface area contributed by atoms with Crippen LogP contribution in [0.1, 0.15) is 22.8 Å². The Morgan fingerprint density at radius 2 is 1.39 bits per heavy atom. The van der Waals surface area contributed by atoms with Crippen molar-refractivity contribution in [3.05, 3.63) is 115 Å². The van der Waals surface area contributed by atoms with E-state index in [1.165, 1.54) is 0 Å². The molecule has 0 unspecified atom stereocenters. The molecule has 2 aromatic heterocycles. The molecule has 6 nitrogen and oxygen atoms in total. The molecule has 3 N–H and O–H groups in total. The summed E-state index contributed by atoms with van der Waals surface area (Å²) >= 11 is 0. The van der Waals surface area contributed by atoms with Crippen molar-refractivity contribution in [1.82, 2.24) is 9.97 Å². The highest BCUT2D eigenvalue weighted by Gasteiger charge is 2.08. The molecule has 0 fully saturated rings. The van der Waals surface area contributed by atoms with E-state index in [9.17, 15) is 4.79 Å². The Hall–Kier alpha value is -5.15. The summed E-state index contributed by atoms with van der Waals surface area (Å²) in [6, 6.07) is 26.6. The van der Waals surface area contributed by atoms with Crippen LogP contribution in [0.2, 0.25) is 0 Å². The van der Waals surface area contributed by atoms with Gasteiger partial charge >= 0.3 is 0 Å². The van der Waals surface area contributed by atoms with Crippen LogP contribution in [0, 0.1) is 11.8 Å². The molecule has 5 rings (SSSR count). The van der Waals surface area contributed by atoms with E-state index in [2.05, 4.69) is 37.8 Å². The van der Waals surface area contributed by atoms with Crippen LogP contribution >= 0.6 is 0 Å². The second kappa shape index (κ2) is 10.4. The number of benzene rings is 3. The summed E-state index contributed by atoms with van der Waals surface area (Å²) in [6.45, 7) is 1.82. The highest BCUT2D eigenvalue weighted by molar-refractivity contribution is 6.04. The Morgan fingerprint density at radius 1 is 0.722 bits per heavy atom. The number of rotatable bonds is 6. The van der Waals surface area contributed by atoms with Crippen LogP contribution in [-0.4, -0.2) is 15.9 Å². The molecule has 0 saturated heterocycles. The van der Waals surface area contributed by atoms with Crippen LogP contribution in [0.4, 0.5) is 28.4 Å². The topological polar surface area (TPSA) is 78.9 Å². The Bertz CT molecular complexity index is 1570. The number of fused-ring (bicyclic) bond motifs is 1. The maximum atomic E-state index is 12.8. The first-order chi connectivity index (χ1) is 17.7. The predicted octanol–water partition coefficient (Wildman–Crippen LogP) is 6.74. The van der Waals surface area contributed by atoms with Crippen LogP contribution in [0.25, 0.3) is 10.9 Å². The Labute approximate surface area is 209 Å². The molecule has 0 radical (unpaired) electrons. The van der Waals surface area contributed by atoms with Gasteiger partial charge in [0.1, 0.15) is 0 Å². The minimum atomic E-state index is -0.173. The maximum absolute atomic E-state index is 12.8. The number of carbonyl (C=O) groups is 1. The van der Waals surface area contributed by atoms with Crippen molar-refractivity contribution in [3.63, 3.8) is 0 Å². The fourth-order valence-electron chi connectivity index (χ4n) is 3.78. The first kappa shape index (κ1) is 22.6. The highest BCUT2D eigenvalue weighted by atomic mass is 16.1. The van der Waals surface area contributed by atoms with Crippen LogP contribution in [0.15, 0.2) is 104 Å². The standard InChI is InChI=1S/C30H23N5O/c1-2-3-21-4-13-28-27(20-21)29(16-19-32-28)34-24-7-5-22(6-8-24)30(36)35-25-11-9-23(10-12-25)33-26-14-17-31-18-15-26/h4-20H,1H3,(H,31,33)(H,32,34)(H,35,36). The van der Waals surface area contributed by atoms with E-state index in [0.717, 1.165) is 44.9 Å². The monoisotopic (exact) mass is 469 g/mol. The van der Waals surface area contributed by atoms with E-state index in [1.807, 2.05) is 79.7 Å². The molecule has 2 heterocycles. The molecule has 1 amide bonds. The summed E-state index contributed by atoms with van der Waals surface area (Å²) in [7, 11) is 0. The van der Waals surface area contributed by atoms with Gasteiger partial charge in [-0.25, -0.2) is 0 Å². The third-order valence-corrected chi connectivity index (χ3v) is 5.55. The molecule has 0 aliphatic heterocycles. The summed E-state index contributed by atoms with van der Waals surface area (Å²) in [6.07, 6.45) is 5.24. The zero-order chi connectivity index (χ0) is 24.7. The molecule has 36 heavy (non-hydrogen) atoms. The van der Waals surface area contributed by atoms with Gasteiger partial charge in [-0.05, 0) is 91.9 Å². The molecule has 0 saturated carbocycles. The molecule has 0 bridgehead atoms. The maximum Gasteiger partial charge on any atom is 0.255 e. The third-order valence-electron chi connectivity index (χ3n) is 5.55. The quantitative estimate of drug-likeness (QED) is 0.240. The van der Waals surface area contributed by atoms with Crippen LogP contribution in [0.5, 0.6) is 0 Å². The van der Waals surface area contributed by atoms with Crippen molar-refractivity contribution >= 4 is 45.2 Å². The van der Waals surface area contributed by atoms with Crippen LogP contribution < -0.4 is 16.0 Å². The van der Waals surface area contributed by atoms with Crippen molar-refractivity contribution in [2.24, 2.45) is 0 Å². The second-order valence-electron chi connectivity index (χ2n) is 8.06. The van der Waals surface area contributed by atoms with Gasteiger partial charge in [-0.15, -0.1) is 5.92 Å². The lowest BCUT2D eigenvalue weighted by molar-refractivity contribution is 0.102. The molecule has 6 heteroatoms. The van der Waals surface area contributed by atoms with Gasteiger partial charge in [0.25, 0.3) is 5.91 Å². The molecule has 0 aliphatic carbocycles. The molecule has 5 aromatic rings. The van der Waals surface area contributed by atoms with Crippen molar-refractivity contribution in [3.8, 4) is 11.8 Å². The van der Waals surface area contributed by atoms with Gasteiger partial charge in [-0.3, -0.25) is 14.8 Å². The van der Waals surface area contributed by atoms with Gasteiger partial charge in [0.05, 0.1) is 5.52 Å². The molecular weight excluding hydrogens is 446 g/mol. The first-order valence-corrected chi connectivity index (χ1v) is 11.4. The number of nitrogens with zero attached hydrogens (tertiary/aromatic N) is 2. The van der Waals surface area contributed by atoms with Gasteiger partial charge in [0, 0.05) is 63.5 Å². The van der Waals surface area contributed by atoms with Crippen molar-refractivity contribution in [2.75, 3.05) is 16.0 Å². The predicted molar refractivity (Wildman–Crippen MR) is 146 cm³/mol. The third kappa shape index (κ3) is 5.32. The van der Waals surface area contributed by atoms with E-state index >= 15 is 0 Å². The van der Waals surface area contributed by atoms with E-state index in [-0.39, 0.29) is 5.91 Å². The first-order valence-electron chi connectivity index (χ1n) is 11.4. The number of anilines is 5. The van der Waals surface area contributed by atoms with Gasteiger partial charge in [0.2, 0.25) is 0 Å². The van der Waals surface area contributed by atoms with Gasteiger partial charge in [0.15, 0.2) is 0 Å². The lowest BCUT2D eigenvalue weighted by Crippen LogP contribution is -2.11. The fraction of sp³-hybridized carbons (Fsp3) is 0.0333. The van der Waals surface area contributed by atoms with Crippen molar-refractivity contribution < 1.29 is 4.79 Å². The molecule has 0 atom stereocenters. The minimum Gasteiger partial charge on any atom is -0.355 e. The summed E-state index contributed by atoms with van der Waals surface area (Å²) in [5, 5.41) is 10.6. The summed E-state index contributed by atoms with van der Waals surface area (Å²) in [5.74, 6) is 5.85. The average Bonchev–Trinajstić information content (AvgIpc) is 2.91. The zero-order valence-electron chi connectivity index (χ0n) is 19.6. The highest BCUT2D eigenvalue weighted by Crippen LogP contribution is 2.26. The van der Waals surface area contributed by atoms with Gasteiger partial charge in [-0.1, -0.05) is 5.92 Å². The van der Waals surface area contributed by atoms with Crippen LogP contribution in [0.3, 0.4) is 0 Å². The molecule has 0 spiro atoms. The number of aromatic nitrogens is 2. The lowest BCUT2D eigenvalue weighted by atomic mass is 10.1. The summed E-state index contributed by atoms with van der Waals surface area (Å²) in [5.41, 5.74) is 6.79. The lowest BCUT2D eigenvalue weighted by Gasteiger charge is -2.11. The number of amides is 1.